The molecule has 0 aliphatic carbocycles. The van der Waals surface area contributed by atoms with E-state index >= 15 is 0 Å². The third-order valence-corrected chi connectivity index (χ3v) is 5.72. The number of hydrogen-bond acceptors (Lipinski definition) is 4. The molecular weight excluding hydrogens is 278 g/mol. The Morgan fingerprint density at radius 2 is 2.05 bits per heavy atom. The van der Waals surface area contributed by atoms with E-state index in [9.17, 15) is 8.42 Å². The molecule has 0 spiro atoms. The van der Waals surface area contributed by atoms with Crippen LogP contribution in [0.5, 0.6) is 11.5 Å². The van der Waals surface area contributed by atoms with E-state index in [1.807, 2.05) is 6.92 Å². The van der Waals surface area contributed by atoms with E-state index in [1.54, 1.807) is 16.4 Å². The summed E-state index contributed by atoms with van der Waals surface area (Å²) in [5.41, 5.74) is 0. The van der Waals surface area contributed by atoms with Crippen LogP contribution in [0.15, 0.2) is 23.1 Å². The summed E-state index contributed by atoms with van der Waals surface area (Å²) in [7, 11) is -0.556. The molecule has 1 aliphatic rings. The SMILES string of the molecule is CCC1CCCN1S(=O)(=O)c1cc(OC)ccc1OC. The molecule has 1 heterocycles. The van der Waals surface area contributed by atoms with Gasteiger partial charge in [0.05, 0.1) is 14.2 Å². The van der Waals surface area contributed by atoms with E-state index in [0.717, 1.165) is 19.3 Å². The molecule has 0 N–H and O–H groups in total. The van der Waals surface area contributed by atoms with Gasteiger partial charge in [-0.25, -0.2) is 8.42 Å². The standard InChI is InChI=1S/C14H21NO4S/c1-4-11-6-5-9-15(11)20(16,17)14-10-12(18-2)7-8-13(14)19-3/h7-8,10-11H,4-6,9H2,1-3H3. The third kappa shape index (κ3) is 2.62. The Morgan fingerprint density at radius 1 is 1.30 bits per heavy atom. The van der Waals surface area contributed by atoms with Gasteiger partial charge in [-0.1, -0.05) is 6.92 Å². The van der Waals surface area contributed by atoms with Crippen LogP contribution in [0.3, 0.4) is 0 Å². The first-order chi connectivity index (χ1) is 9.54. The molecule has 1 fully saturated rings. The lowest BCUT2D eigenvalue weighted by Crippen LogP contribution is -2.35. The molecule has 112 valence electrons. The quantitative estimate of drug-likeness (QED) is 0.837. The second kappa shape index (κ2) is 6.01. The van der Waals surface area contributed by atoms with Crippen molar-refractivity contribution in [3.05, 3.63) is 18.2 Å². The number of rotatable bonds is 5. The fourth-order valence-corrected chi connectivity index (χ4v) is 4.59. The second-order valence-corrected chi connectivity index (χ2v) is 6.70. The Labute approximate surface area is 120 Å². The zero-order valence-corrected chi connectivity index (χ0v) is 12.9. The molecule has 0 aromatic heterocycles. The van der Waals surface area contributed by atoms with E-state index in [4.69, 9.17) is 9.47 Å². The van der Waals surface area contributed by atoms with Gasteiger partial charge in [0.15, 0.2) is 0 Å². The fraction of sp³-hybridized carbons (Fsp3) is 0.571. The Hall–Kier alpha value is -1.27. The Morgan fingerprint density at radius 3 is 2.65 bits per heavy atom. The first-order valence-electron chi connectivity index (χ1n) is 6.78. The van der Waals surface area contributed by atoms with Crippen molar-refractivity contribution >= 4 is 10.0 Å². The summed E-state index contributed by atoms with van der Waals surface area (Å²) in [4.78, 5) is 0.180. The first kappa shape index (κ1) is 15.1. The van der Waals surface area contributed by atoms with Crippen LogP contribution in [0.4, 0.5) is 0 Å². The molecule has 6 heteroatoms. The normalized spacial score (nSPS) is 20.1. The lowest BCUT2D eigenvalue weighted by Gasteiger charge is -2.24. The maximum atomic E-state index is 12.8. The maximum Gasteiger partial charge on any atom is 0.247 e. The lowest BCUT2D eigenvalue weighted by molar-refractivity contribution is 0.367. The van der Waals surface area contributed by atoms with Crippen molar-refractivity contribution in [1.82, 2.24) is 4.31 Å². The highest BCUT2D eigenvalue weighted by molar-refractivity contribution is 7.89. The van der Waals surface area contributed by atoms with Gasteiger partial charge >= 0.3 is 0 Å². The molecule has 0 saturated carbocycles. The number of ether oxygens (including phenoxy) is 2. The van der Waals surface area contributed by atoms with Gasteiger partial charge in [0.2, 0.25) is 10.0 Å². The van der Waals surface area contributed by atoms with Gasteiger partial charge in [0.25, 0.3) is 0 Å². The van der Waals surface area contributed by atoms with Crippen molar-refractivity contribution in [2.45, 2.75) is 37.1 Å². The van der Waals surface area contributed by atoms with Gasteiger partial charge in [-0.05, 0) is 31.4 Å². The Kier molecular flexibility index (Phi) is 4.55. The third-order valence-electron chi connectivity index (χ3n) is 3.75. The minimum absolute atomic E-state index is 0.0795. The summed E-state index contributed by atoms with van der Waals surface area (Å²) in [5.74, 6) is 0.865. The molecule has 1 atom stereocenters. The smallest absolute Gasteiger partial charge is 0.247 e. The van der Waals surface area contributed by atoms with Gasteiger partial charge in [-0.2, -0.15) is 4.31 Å². The zero-order valence-electron chi connectivity index (χ0n) is 12.1. The van der Waals surface area contributed by atoms with Crippen LogP contribution in [-0.2, 0) is 10.0 Å². The van der Waals surface area contributed by atoms with Crippen LogP contribution in [-0.4, -0.2) is 39.5 Å². The number of hydrogen-bond donors (Lipinski definition) is 0. The largest absolute Gasteiger partial charge is 0.497 e. The molecule has 5 nitrogen and oxygen atoms in total. The lowest BCUT2D eigenvalue weighted by atomic mass is 10.2. The minimum atomic E-state index is -3.55. The van der Waals surface area contributed by atoms with E-state index in [-0.39, 0.29) is 10.9 Å². The molecule has 1 aliphatic heterocycles. The van der Waals surface area contributed by atoms with E-state index in [0.29, 0.717) is 18.0 Å². The topological polar surface area (TPSA) is 55.8 Å². The van der Waals surface area contributed by atoms with Crippen molar-refractivity contribution in [1.29, 1.82) is 0 Å². The summed E-state index contributed by atoms with van der Waals surface area (Å²) in [5, 5.41) is 0. The summed E-state index contributed by atoms with van der Waals surface area (Å²) in [6.07, 6.45) is 2.65. The van der Waals surface area contributed by atoms with Gasteiger partial charge in [-0.15, -0.1) is 0 Å². The van der Waals surface area contributed by atoms with Crippen molar-refractivity contribution in [3.8, 4) is 11.5 Å². The van der Waals surface area contributed by atoms with Gasteiger partial charge < -0.3 is 9.47 Å². The molecule has 20 heavy (non-hydrogen) atoms. The number of sulfonamides is 1. The molecular formula is C14H21NO4S. The summed E-state index contributed by atoms with van der Waals surface area (Å²) in [6, 6.07) is 4.93. The van der Waals surface area contributed by atoms with Crippen molar-refractivity contribution in [2.75, 3.05) is 20.8 Å². The van der Waals surface area contributed by atoms with E-state index < -0.39 is 10.0 Å². The summed E-state index contributed by atoms with van der Waals surface area (Å²) in [6.45, 7) is 2.59. The molecule has 0 radical (unpaired) electrons. The summed E-state index contributed by atoms with van der Waals surface area (Å²) >= 11 is 0. The zero-order chi connectivity index (χ0) is 14.8. The first-order valence-corrected chi connectivity index (χ1v) is 8.22. The molecule has 0 amide bonds. The van der Waals surface area contributed by atoms with Crippen LogP contribution < -0.4 is 9.47 Å². The Balaban J connectivity index is 2.47. The number of nitrogens with zero attached hydrogens (tertiary/aromatic N) is 1. The Bertz CT molecular complexity index is 571. The summed E-state index contributed by atoms with van der Waals surface area (Å²) < 4.78 is 37.6. The molecule has 1 aromatic carbocycles. The second-order valence-electron chi connectivity index (χ2n) is 4.84. The van der Waals surface area contributed by atoms with Gasteiger partial charge in [0, 0.05) is 18.7 Å². The highest BCUT2D eigenvalue weighted by Gasteiger charge is 2.36. The van der Waals surface area contributed by atoms with Crippen molar-refractivity contribution in [3.63, 3.8) is 0 Å². The van der Waals surface area contributed by atoms with Crippen molar-refractivity contribution in [2.24, 2.45) is 0 Å². The highest BCUT2D eigenvalue weighted by Crippen LogP contribution is 2.34. The van der Waals surface area contributed by atoms with E-state index in [2.05, 4.69) is 0 Å². The monoisotopic (exact) mass is 299 g/mol. The van der Waals surface area contributed by atoms with Crippen LogP contribution in [0, 0.1) is 0 Å². The average molecular weight is 299 g/mol. The number of benzene rings is 1. The molecule has 2 rings (SSSR count). The average Bonchev–Trinajstić information content (AvgIpc) is 2.95. The predicted molar refractivity (Wildman–Crippen MR) is 76.8 cm³/mol. The molecule has 1 aromatic rings. The minimum Gasteiger partial charge on any atom is -0.497 e. The molecule has 1 unspecified atom stereocenters. The van der Waals surface area contributed by atoms with Crippen molar-refractivity contribution < 1.29 is 17.9 Å². The van der Waals surface area contributed by atoms with Crippen LogP contribution in [0.2, 0.25) is 0 Å². The maximum absolute atomic E-state index is 12.8. The highest BCUT2D eigenvalue weighted by atomic mass is 32.2. The van der Waals surface area contributed by atoms with Crippen LogP contribution >= 0.6 is 0 Å². The molecule has 0 bridgehead atoms. The van der Waals surface area contributed by atoms with Gasteiger partial charge in [-0.3, -0.25) is 0 Å². The fourth-order valence-electron chi connectivity index (χ4n) is 2.65. The number of methoxy groups -OCH3 is 2. The van der Waals surface area contributed by atoms with E-state index in [1.165, 1.54) is 20.3 Å². The van der Waals surface area contributed by atoms with Gasteiger partial charge in [0.1, 0.15) is 16.4 Å². The predicted octanol–water partition coefficient (Wildman–Crippen LogP) is 2.27. The molecule has 1 saturated heterocycles. The van der Waals surface area contributed by atoms with Crippen LogP contribution in [0.1, 0.15) is 26.2 Å². The van der Waals surface area contributed by atoms with Crippen LogP contribution in [0.25, 0.3) is 0 Å².